The zero-order chi connectivity index (χ0) is 19.0. The van der Waals surface area contributed by atoms with Gasteiger partial charge < -0.3 is 4.90 Å². The molecule has 2 atom stereocenters. The number of benzene rings is 2. The van der Waals surface area contributed by atoms with Crippen LogP contribution in [0.25, 0.3) is 0 Å². The zero-order valence-corrected chi connectivity index (χ0v) is 16.8. The summed E-state index contributed by atoms with van der Waals surface area (Å²) in [6.07, 6.45) is 0. The predicted octanol–water partition coefficient (Wildman–Crippen LogP) is 3.75. The Balaban J connectivity index is 1.55. The van der Waals surface area contributed by atoms with Crippen LogP contribution < -0.4 is 0 Å². The zero-order valence-electron chi connectivity index (χ0n) is 14.4. The summed E-state index contributed by atoms with van der Waals surface area (Å²) >= 11 is 7.41. The lowest BCUT2D eigenvalue weighted by Gasteiger charge is -2.26. The Morgan fingerprint density at radius 1 is 1.15 bits per heavy atom. The fourth-order valence-corrected chi connectivity index (χ4v) is 6.53. The molecule has 2 aromatic carbocycles. The number of aliphatic imine (C=N–C) groups is 1. The van der Waals surface area contributed by atoms with Crippen molar-refractivity contribution < 1.29 is 12.8 Å². The summed E-state index contributed by atoms with van der Waals surface area (Å²) < 4.78 is 38.0. The number of halogens is 2. The van der Waals surface area contributed by atoms with E-state index in [0.717, 1.165) is 10.7 Å². The van der Waals surface area contributed by atoms with Crippen molar-refractivity contribution in [3.8, 4) is 0 Å². The van der Waals surface area contributed by atoms with E-state index in [1.807, 2.05) is 35.2 Å². The van der Waals surface area contributed by atoms with Gasteiger partial charge in [0, 0.05) is 17.3 Å². The Morgan fingerprint density at radius 2 is 1.89 bits per heavy atom. The maximum atomic E-state index is 13.9. The van der Waals surface area contributed by atoms with Gasteiger partial charge in [0.05, 0.1) is 23.6 Å². The lowest BCUT2D eigenvalue weighted by Crippen LogP contribution is -2.38. The third kappa shape index (κ3) is 4.15. The molecule has 0 aliphatic carbocycles. The number of hydrogen-bond donors (Lipinski definition) is 0. The molecule has 142 valence electrons. The topological polar surface area (TPSA) is 49.7 Å². The van der Waals surface area contributed by atoms with Crippen molar-refractivity contribution in [1.82, 2.24) is 4.90 Å². The lowest BCUT2D eigenvalue weighted by molar-refractivity contribution is 0.343. The van der Waals surface area contributed by atoms with E-state index in [0.29, 0.717) is 22.9 Å². The van der Waals surface area contributed by atoms with E-state index >= 15 is 0 Å². The molecule has 2 aromatic rings. The highest BCUT2D eigenvalue weighted by atomic mass is 35.5. The Bertz CT molecular complexity index is 979. The molecular formula is C19H18ClFN2O2S2. The summed E-state index contributed by atoms with van der Waals surface area (Å²) in [7, 11) is -3.07. The van der Waals surface area contributed by atoms with Crippen LogP contribution in [0.4, 0.5) is 4.39 Å². The van der Waals surface area contributed by atoms with E-state index in [9.17, 15) is 12.8 Å². The highest BCUT2D eigenvalue weighted by Gasteiger charge is 2.46. The number of thioether (sulfide) groups is 1. The van der Waals surface area contributed by atoms with Crippen molar-refractivity contribution in [3.05, 3.63) is 70.5 Å². The molecule has 0 saturated carbocycles. The van der Waals surface area contributed by atoms with Crippen LogP contribution in [0, 0.1) is 5.82 Å². The van der Waals surface area contributed by atoms with Crippen LogP contribution in [0.5, 0.6) is 0 Å². The minimum Gasteiger partial charge on any atom is -0.341 e. The molecule has 8 heteroatoms. The Kier molecular flexibility index (Phi) is 5.18. The van der Waals surface area contributed by atoms with Gasteiger partial charge in [-0.2, -0.15) is 0 Å². The summed E-state index contributed by atoms with van der Waals surface area (Å²) in [4.78, 5) is 6.71. The summed E-state index contributed by atoms with van der Waals surface area (Å²) in [6, 6.07) is 13.8. The number of rotatable bonds is 4. The van der Waals surface area contributed by atoms with Crippen LogP contribution in [0.1, 0.15) is 11.1 Å². The molecule has 2 aliphatic rings. The molecule has 0 bridgehead atoms. The monoisotopic (exact) mass is 424 g/mol. The molecule has 2 heterocycles. The van der Waals surface area contributed by atoms with E-state index in [2.05, 4.69) is 4.99 Å². The molecule has 0 amide bonds. The van der Waals surface area contributed by atoms with E-state index in [-0.39, 0.29) is 29.4 Å². The predicted molar refractivity (Wildman–Crippen MR) is 108 cm³/mol. The molecule has 0 N–H and O–H groups in total. The average Bonchev–Trinajstić information content (AvgIpc) is 3.08. The molecule has 1 fully saturated rings. The molecule has 4 rings (SSSR count). The summed E-state index contributed by atoms with van der Waals surface area (Å²) in [5, 5.41) is 1.43. The van der Waals surface area contributed by atoms with Gasteiger partial charge >= 0.3 is 0 Å². The van der Waals surface area contributed by atoms with Crippen molar-refractivity contribution in [1.29, 1.82) is 0 Å². The van der Waals surface area contributed by atoms with Gasteiger partial charge in [-0.15, -0.1) is 0 Å². The minimum absolute atomic E-state index is 0.0819. The first-order chi connectivity index (χ1) is 12.9. The van der Waals surface area contributed by atoms with Gasteiger partial charge in [-0.1, -0.05) is 53.7 Å². The van der Waals surface area contributed by atoms with Crippen molar-refractivity contribution >= 4 is 38.4 Å². The number of nitrogens with zero attached hydrogens (tertiary/aromatic N) is 2. The van der Waals surface area contributed by atoms with Crippen LogP contribution in [0.15, 0.2) is 53.5 Å². The number of fused-ring (bicyclic) bond motifs is 1. The van der Waals surface area contributed by atoms with E-state index in [1.54, 1.807) is 12.1 Å². The van der Waals surface area contributed by atoms with E-state index in [1.165, 1.54) is 17.8 Å². The highest BCUT2D eigenvalue weighted by Crippen LogP contribution is 2.33. The first kappa shape index (κ1) is 18.8. The standard InChI is InChI=1S/C19H18ClFN2O2S2/c20-15-7-5-13(6-8-15)9-23-18-12-27(24,25)11-17(18)22-19(23)26-10-14-3-1-2-4-16(14)21/h1-8,17-18H,9-12H2. The summed E-state index contributed by atoms with van der Waals surface area (Å²) in [6.45, 7) is 0.553. The number of amidine groups is 1. The third-order valence-corrected chi connectivity index (χ3v) is 7.80. The molecule has 4 nitrogen and oxygen atoms in total. The minimum atomic E-state index is -3.07. The Morgan fingerprint density at radius 3 is 2.63 bits per heavy atom. The van der Waals surface area contributed by atoms with Crippen LogP contribution >= 0.6 is 23.4 Å². The van der Waals surface area contributed by atoms with Gasteiger partial charge in [0.1, 0.15) is 5.82 Å². The molecule has 0 aromatic heterocycles. The second kappa shape index (κ2) is 7.45. The van der Waals surface area contributed by atoms with Gasteiger partial charge in [-0.25, -0.2) is 12.8 Å². The molecule has 27 heavy (non-hydrogen) atoms. The van der Waals surface area contributed by atoms with Gasteiger partial charge in [-0.3, -0.25) is 4.99 Å². The molecular weight excluding hydrogens is 407 g/mol. The largest absolute Gasteiger partial charge is 0.341 e. The number of hydrogen-bond acceptors (Lipinski definition) is 5. The maximum Gasteiger partial charge on any atom is 0.160 e. The fraction of sp³-hybridized carbons (Fsp3) is 0.316. The molecule has 0 radical (unpaired) electrons. The van der Waals surface area contributed by atoms with Crippen molar-refractivity contribution in [2.24, 2.45) is 4.99 Å². The van der Waals surface area contributed by atoms with E-state index < -0.39 is 9.84 Å². The van der Waals surface area contributed by atoms with Crippen LogP contribution in [-0.4, -0.2) is 42.1 Å². The fourth-order valence-electron chi connectivity index (χ4n) is 3.44. The normalized spacial score (nSPS) is 23.3. The summed E-state index contributed by atoms with van der Waals surface area (Å²) in [5.74, 6) is 0.405. The molecule has 2 aliphatic heterocycles. The van der Waals surface area contributed by atoms with Crippen molar-refractivity contribution in [2.45, 2.75) is 24.4 Å². The Hall–Kier alpha value is -1.57. The first-order valence-electron chi connectivity index (χ1n) is 8.57. The van der Waals surface area contributed by atoms with Gasteiger partial charge in [0.15, 0.2) is 15.0 Å². The van der Waals surface area contributed by atoms with Gasteiger partial charge in [-0.05, 0) is 29.3 Å². The first-order valence-corrected chi connectivity index (χ1v) is 11.8. The highest BCUT2D eigenvalue weighted by molar-refractivity contribution is 8.13. The van der Waals surface area contributed by atoms with Crippen molar-refractivity contribution in [2.75, 3.05) is 11.5 Å². The quantitative estimate of drug-likeness (QED) is 0.750. The third-order valence-electron chi connectivity index (χ3n) is 4.80. The second-order valence-electron chi connectivity index (χ2n) is 6.76. The van der Waals surface area contributed by atoms with Gasteiger partial charge in [0.2, 0.25) is 0 Å². The van der Waals surface area contributed by atoms with Gasteiger partial charge in [0.25, 0.3) is 0 Å². The molecule has 2 unspecified atom stereocenters. The van der Waals surface area contributed by atoms with Crippen LogP contribution in [-0.2, 0) is 22.1 Å². The van der Waals surface area contributed by atoms with Crippen LogP contribution in [0.3, 0.4) is 0 Å². The smallest absolute Gasteiger partial charge is 0.160 e. The van der Waals surface area contributed by atoms with E-state index in [4.69, 9.17) is 11.6 Å². The lowest BCUT2D eigenvalue weighted by atomic mass is 10.1. The van der Waals surface area contributed by atoms with Crippen molar-refractivity contribution in [3.63, 3.8) is 0 Å². The Labute approximate surface area is 167 Å². The summed E-state index contributed by atoms with van der Waals surface area (Å²) in [5.41, 5.74) is 1.64. The second-order valence-corrected chi connectivity index (χ2v) is 10.3. The SMILES string of the molecule is O=S1(=O)CC2N=C(SCc3ccccc3F)N(Cc3ccc(Cl)cc3)C2C1. The van der Waals surface area contributed by atoms with Crippen LogP contribution in [0.2, 0.25) is 5.02 Å². The molecule has 0 spiro atoms. The number of sulfone groups is 1. The molecule has 1 saturated heterocycles. The average molecular weight is 425 g/mol. The maximum absolute atomic E-state index is 13.9.